The van der Waals surface area contributed by atoms with E-state index < -0.39 is 0 Å². The van der Waals surface area contributed by atoms with Crippen LogP contribution in [0, 0.1) is 0 Å². The van der Waals surface area contributed by atoms with E-state index in [0.717, 1.165) is 6.42 Å². The molecule has 0 unspecified atom stereocenters. The van der Waals surface area contributed by atoms with E-state index in [4.69, 9.17) is 9.47 Å². The van der Waals surface area contributed by atoms with E-state index in [2.05, 4.69) is 0 Å². The Kier molecular flexibility index (Phi) is 6.07. The van der Waals surface area contributed by atoms with Gasteiger partial charge in [-0.1, -0.05) is 31.2 Å². The van der Waals surface area contributed by atoms with E-state index in [0.29, 0.717) is 35.7 Å². The molecule has 5 nitrogen and oxygen atoms in total. The molecule has 0 aromatic heterocycles. The topological polar surface area (TPSA) is 59.0 Å². The normalized spacial score (nSPS) is 10.3. The molecule has 1 amide bonds. The van der Waals surface area contributed by atoms with Gasteiger partial charge in [0.2, 0.25) is 0 Å². The molecule has 24 heavy (non-hydrogen) atoms. The van der Waals surface area contributed by atoms with E-state index in [1.54, 1.807) is 35.2 Å². The second kappa shape index (κ2) is 8.24. The van der Waals surface area contributed by atoms with Crippen LogP contribution in [0.15, 0.2) is 42.5 Å². The van der Waals surface area contributed by atoms with Gasteiger partial charge >= 0.3 is 0 Å². The first-order chi connectivity index (χ1) is 11.6. The minimum absolute atomic E-state index is 0.157. The monoisotopic (exact) mass is 329 g/mol. The van der Waals surface area contributed by atoms with Crippen LogP contribution in [0.2, 0.25) is 0 Å². The standard InChI is InChI=1S/C19H23NO4/c1-4-12-20(13-14-8-5-6-10-16(14)21)19(22)15-9-7-11-17(23-2)18(15)24-3/h5-11,21H,4,12-13H2,1-3H3. The highest BCUT2D eigenvalue weighted by Gasteiger charge is 2.22. The smallest absolute Gasteiger partial charge is 0.258 e. The molecule has 5 heteroatoms. The summed E-state index contributed by atoms with van der Waals surface area (Å²) in [5.41, 5.74) is 1.15. The summed E-state index contributed by atoms with van der Waals surface area (Å²) in [6.45, 7) is 2.92. The third-order valence-corrected chi connectivity index (χ3v) is 3.77. The number of carbonyl (C=O) groups is 1. The largest absolute Gasteiger partial charge is 0.508 e. The zero-order valence-electron chi connectivity index (χ0n) is 14.3. The fourth-order valence-corrected chi connectivity index (χ4v) is 2.60. The molecule has 0 heterocycles. The summed E-state index contributed by atoms with van der Waals surface area (Å²) >= 11 is 0. The molecule has 0 aliphatic carbocycles. The first-order valence-electron chi connectivity index (χ1n) is 7.89. The predicted molar refractivity (Wildman–Crippen MR) is 92.7 cm³/mol. The molecule has 0 fully saturated rings. The van der Waals surface area contributed by atoms with Gasteiger partial charge in [0.15, 0.2) is 11.5 Å². The molecule has 2 aromatic rings. The van der Waals surface area contributed by atoms with Crippen molar-refractivity contribution in [2.45, 2.75) is 19.9 Å². The highest BCUT2D eigenvalue weighted by molar-refractivity contribution is 5.97. The van der Waals surface area contributed by atoms with Crippen molar-refractivity contribution in [1.82, 2.24) is 4.90 Å². The van der Waals surface area contributed by atoms with Crippen molar-refractivity contribution in [1.29, 1.82) is 0 Å². The van der Waals surface area contributed by atoms with Crippen molar-refractivity contribution in [2.24, 2.45) is 0 Å². The molecule has 0 aliphatic heterocycles. The SMILES string of the molecule is CCCN(Cc1ccccc1O)C(=O)c1cccc(OC)c1OC. The molecule has 1 N–H and O–H groups in total. The Morgan fingerprint density at radius 2 is 1.83 bits per heavy atom. The molecule has 0 spiro atoms. The number of hydrogen-bond donors (Lipinski definition) is 1. The van der Waals surface area contributed by atoms with Crippen LogP contribution >= 0.6 is 0 Å². The molecule has 0 bridgehead atoms. The van der Waals surface area contributed by atoms with Gasteiger partial charge in [0.05, 0.1) is 19.8 Å². The Balaban J connectivity index is 2.35. The molecule has 0 atom stereocenters. The Morgan fingerprint density at radius 1 is 1.08 bits per heavy atom. The summed E-state index contributed by atoms with van der Waals surface area (Å²) < 4.78 is 10.6. The molecule has 2 aromatic carbocycles. The number of ether oxygens (including phenoxy) is 2. The number of phenols is 1. The number of hydrogen-bond acceptors (Lipinski definition) is 4. The first kappa shape index (κ1) is 17.7. The fraction of sp³-hybridized carbons (Fsp3) is 0.316. The van der Waals surface area contributed by atoms with E-state index in [1.807, 2.05) is 19.1 Å². The van der Waals surface area contributed by atoms with Gasteiger partial charge < -0.3 is 19.5 Å². The average Bonchev–Trinajstić information content (AvgIpc) is 2.61. The zero-order chi connectivity index (χ0) is 17.5. The summed E-state index contributed by atoms with van der Waals surface area (Å²) in [5.74, 6) is 0.964. The second-order valence-corrected chi connectivity index (χ2v) is 5.40. The minimum atomic E-state index is -0.157. The van der Waals surface area contributed by atoms with Crippen molar-refractivity contribution in [3.63, 3.8) is 0 Å². The number of para-hydroxylation sites is 2. The third-order valence-electron chi connectivity index (χ3n) is 3.77. The highest BCUT2D eigenvalue weighted by Crippen LogP contribution is 2.32. The lowest BCUT2D eigenvalue weighted by Crippen LogP contribution is -2.31. The molecule has 128 valence electrons. The van der Waals surface area contributed by atoms with Gasteiger partial charge in [0.25, 0.3) is 5.91 Å². The number of carbonyl (C=O) groups excluding carboxylic acids is 1. The summed E-state index contributed by atoms with van der Waals surface area (Å²) in [4.78, 5) is 14.7. The van der Waals surface area contributed by atoms with Gasteiger partial charge in [0, 0.05) is 18.7 Å². The number of phenolic OH excluding ortho intramolecular Hbond substituents is 1. The van der Waals surface area contributed by atoms with Crippen LogP contribution in [0.25, 0.3) is 0 Å². The number of methoxy groups -OCH3 is 2. The van der Waals surface area contributed by atoms with Gasteiger partial charge in [-0.05, 0) is 24.6 Å². The maximum absolute atomic E-state index is 13.0. The Bertz CT molecular complexity index is 700. The van der Waals surface area contributed by atoms with Gasteiger partial charge in [0.1, 0.15) is 5.75 Å². The van der Waals surface area contributed by atoms with E-state index in [1.165, 1.54) is 14.2 Å². The lowest BCUT2D eigenvalue weighted by Gasteiger charge is -2.24. The van der Waals surface area contributed by atoms with Crippen LogP contribution in [0.1, 0.15) is 29.3 Å². The van der Waals surface area contributed by atoms with Crippen LogP contribution < -0.4 is 9.47 Å². The lowest BCUT2D eigenvalue weighted by atomic mass is 10.1. The second-order valence-electron chi connectivity index (χ2n) is 5.40. The number of nitrogens with zero attached hydrogens (tertiary/aromatic N) is 1. The van der Waals surface area contributed by atoms with Crippen LogP contribution in [0.4, 0.5) is 0 Å². The highest BCUT2D eigenvalue weighted by atomic mass is 16.5. The molecule has 0 radical (unpaired) electrons. The first-order valence-corrected chi connectivity index (χ1v) is 7.89. The number of amides is 1. The number of rotatable bonds is 7. The molecule has 0 saturated heterocycles. The lowest BCUT2D eigenvalue weighted by molar-refractivity contribution is 0.0738. The molecule has 0 aliphatic rings. The van der Waals surface area contributed by atoms with Gasteiger partial charge in [-0.15, -0.1) is 0 Å². The molecular formula is C19H23NO4. The van der Waals surface area contributed by atoms with Crippen LogP contribution in [-0.4, -0.2) is 36.7 Å². The molecular weight excluding hydrogens is 306 g/mol. The van der Waals surface area contributed by atoms with Crippen molar-refractivity contribution in [2.75, 3.05) is 20.8 Å². The van der Waals surface area contributed by atoms with Crippen molar-refractivity contribution < 1.29 is 19.4 Å². The van der Waals surface area contributed by atoms with E-state index in [9.17, 15) is 9.90 Å². The summed E-state index contributed by atoms with van der Waals surface area (Å²) in [6, 6.07) is 12.3. The Morgan fingerprint density at radius 3 is 2.46 bits per heavy atom. The van der Waals surface area contributed by atoms with Crippen LogP contribution in [-0.2, 0) is 6.54 Å². The molecule has 0 saturated carbocycles. The van der Waals surface area contributed by atoms with Gasteiger partial charge in [-0.3, -0.25) is 4.79 Å². The number of aromatic hydroxyl groups is 1. The van der Waals surface area contributed by atoms with Crippen molar-refractivity contribution in [3.8, 4) is 17.2 Å². The fourth-order valence-electron chi connectivity index (χ4n) is 2.60. The Labute approximate surface area is 142 Å². The minimum Gasteiger partial charge on any atom is -0.508 e. The van der Waals surface area contributed by atoms with Crippen molar-refractivity contribution >= 4 is 5.91 Å². The van der Waals surface area contributed by atoms with Crippen molar-refractivity contribution in [3.05, 3.63) is 53.6 Å². The summed E-state index contributed by atoms with van der Waals surface area (Å²) in [6.07, 6.45) is 0.811. The van der Waals surface area contributed by atoms with Gasteiger partial charge in [-0.25, -0.2) is 0 Å². The number of benzene rings is 2. The average molecular weight is 329 g/mol. The maximum atomic E-state index is 13.0. The maximum Gasteiger partial charge on any atom is 0.258 e. The Hall–Kier alpha value is -2.69. The quantitative estimate of drug-likeness (QED) is 0.845. The van der Waals surface area contributed by atoms with Crippen LogP contribution in [0.3, 0.4) is 0 Å². The van der Waals surface area contributed by atoms with Crippen LogP contribution in [0.5, 0.6) is 17.2 Å². The summed E-state index contributed by atoms with van der Waals surface area (Å²) in [5, 5.41) is 9.98. The summed E-state index contributed by atoms with van der Waals surface area (Å²) in [7, 11) is 3.06. The van der Waals surface area contributed by atoms with Gasteiger partial charge in [-0.2, -0.15) is 0 Å². The molecule has 2 rings (SSSR count). The van der Waals surface area contributed by atoms with E-state index >= 15 is 0 Å². The zero-order valence-corrected chi connectivity index (χ0v) is 14.3. The predicted octanol–water partition coefficient (Wildman–Crippen LogP) is 3.46. The van der Waals surface area contributed by atoms with E-state index in [-0.39, 0.29) is 11.7 Å². The third kappa shape index (κ3) is 3.79.